The van der Waals surface area contributed by atoms with Gasteiger partial charge in [0.25, 0.3) is 5.56 Å². The third-order valence-corrected chi connectivity index (χ3v) is 6.88. The van der Waals surface area contributed by atoms with Gasteiger partial charge in [-0.05, 0) is 38.5 Å². The van der Waals surface area contributed by atoms with Crippen LogP contribution in [-0.4, -0.2) is 21.2 Å². The standard InChI is InChI=1S/C19H17ClF3N3O2S2/c1-4-26-17(28)14-9(2)10(3)30-16(14)25-18(26)29-8-13(27)24-15-11(19(21,22)23)6-5-7-12(15)20/h5-7H,4,8H2,1-3H3,(H,24,27). The molecule has 3 aromatic rings. The van der Waals surface area contributed by atoms with Gasteiger partial charge in [-0.25, -0.2) is 4.98 Å². The first kappa shape index (κ1) is 22.6. The third kappa shape index (κ3) is 4.35. The monoisotopic (exact) mass is 475 g/mol. The van der Waals surface area contributed by atoms with Crippen LogP contribution in [-0.2, 0) is 17.5 Å². The van der Waals surface area contributed by atoms with Gasteiger partial charge in [0.2, 0.25) is 5.91 Å². The van der Waals surface area contributed by atoms with E-state index in [0.717, 1.165) is 28.3 Å². The Balaban J connectivity index is 1.86. The number of carbonyl (C=O) groups excluding carboxylic acids is 1. The molecule has 1 aromatic carbocycles. The van der Waals surface area contributed by atoms with Crippen LogP contribution in [0.15, 0.2) is 28.2 Å². The van der Waals surface area contributed by atoms with E-state index in [1.807, 2.05) is 13.8 Å². The molecule has 0 saturated carbocycles. The van der Waals surface area contributed by atoms with Gasteiger partial charge in [-0.2, -0.15) is 13.2 Å². The highest BCUT2D eigenvalue weighted by atomic mass is 35.5. The molecular weight excluding hydrogens is 459 g/mol. The van der Waals surface area contributed by atoms with E-state index in [1.165, 1.54) is 28.0 Å². The van der Waals surface area contributed by atoms with E-state index in [1.54, 1.807) is 6.92 Å². The number of anilines is 1. The molecule has 0 radical (unpaired) electrons. The minimum absolute atomic E-state index is 0.197. The van der Waals surface area contributed by atoms with Crippen molar-refractivity contribution in [2.24, 2.45) is 0 Å². The van der Waals surface area contributed by atoms with Crippen molar-refractivity contribution < 1.29 is 18.0 Å². The van der Waals surface area contributed by atoms with Crippen molar-refractivity contribution in [2.45, 2.75) is 38.6 Å². The van der Waals surface area contributed by atoms with Crippen molar-refractivity contribution in [2.75, 3.05) is 11.1 Å². The molecule has 0 aliphatic rings. The first-order chi connectivity index (χ1) is 14.0. The lowest BCUT2D eigenvalue weighted by molar-refractivity contribution is -0.137. The number of para-hydroxylation sites is 1. The molecule has 160 valence electrons. The maximum Gasteiger partial charge on any atom is 0.418 e. The second-order valence-electron chi connectivity index (χ2n) is 6.40. The van der Waals surface area contributed by atoms with E-state index in [0.29, 0.717) is 21.9 Å². The van der Waals surface area contributed by atoms with E-state index in [9.17, 15) is 22.8 Å². The number of amides is 1. The summed E-state index contributed by atoms with van der Waals surface area (Å²) in [6.45, 7) is 5.90. The van der Waals surface area contributed by atoms with E-state index in [2.05, 4.69) is 10.3 Å². The van der Waals surface area contributed by atoms with Gasteiger partial charge in [0.05, 0.1) is 27.4 Å². The summed E-state index contributed by atoms with van der Waals surface area (Å²) in [6, 6.07) is 3.28. The van der Waals surface area contributed by atoms with Gasteiger partial charge in [0.1, 0.15) is 4.83 Å². The zero-order chi connectivity index (χ0) is 22.2. The normalized spacial score (nSPS) is 11.8. The average molecular weight is 476 g/mol. The molecular formula is C19H17ClF3N3O2S2. The molecule has 0 saturated heterocycles. The number of hydrogen-bond donors (Lipinski definition) is 1. The number of aryl methyl sites for hydroxylation is 2. The number of thiophene rings is 1. The predicted octanol–water partition coefficient (Wildman–Crippen LogP) is 5.50. The fraction of sp³-hybridized carbons (Fsp3) is 0.316. The maximum atomic E-state index is 13.2. The summed E-state index contributed by atoms with van der Waals surface area (Å²) in [7, 11) is 0. The Bertz CT molecular complexity index is 1190. The molecule has 2 aromatic heterocycles. The molecule has 0 atom stereocenters. The Morgan fingerprint density at radius 3 is 2.67 bits per heavy atom. The number of carbonyl (C=O) groups is 1. The van der Waals surface area contributed by atoms with Gasteiger partial charge >= 0.3 is 6.18 Å². The maximum absolute atomic E-state index is 13.2. The first-order valence-corrected chi connectivity index (χ1v) is 11.0. The minimum Gasteiger partial charge on any atom is -0.324 e. The number of thioether (sulfide) groups is 1. The summed E-state index contributed by atoms with van der Waals surface area (Å²) < 4.78 is 41.0. The van der Waals surface area contributed by atoms with Crippen molar-refractivity contribution in [3.63, 3.8) is 0 Å². The number of nitrogens with zero attached hydrogens (tertiary/aromatic N) is 2. The van der Waals surface area contributed by atoms with Crippen LogP contribution >= 0.6 is 34.7 Å². The Hall–Kier alpha value is -2.04. The molecule has 3 rings (SSSR count). The summed E-state index contributed by atoms with van der Waals surface area (Å²) in [6.07, 6.45) is -4.66. The molecule has 0 bridgehead atoms. The molecule has 0 fully saturated rings. The van der Waals surface area contributed by atoms with E-state index < -0.39 is 23.3 Å². The van der Waals surface area contributed by atoms with Gasteiger partial charge in [-0.1, -0.05) is 29.4 Å². The average Bonchev–Trinajstić information content (AvgIpc) is 2.95. The largest absolute Gasteiger partial charge is 0.418 e. The number of benzene rings is 1. The molecule has 30 heavy (non-hydrogen) atoms. The summed E-state index contributed by atoms with van der Waals surface area (Å²) >= 11 is 8.24. The quantitative estimate of drug-likeness (QED) is 0.391. The fourth-order valence-electron chi connectivity index (χ4n) is 2.89. The summed E-state index contributed by atoms with van der Waals surface area (Å²) in [5.74, 6) is -0.918. The van der Waals surface area contributed by atoms with Crippen LogP contribution in [0.3, 0.4) is 0 Å². The SMILES string of the molecule is CCn1c(SCC(=O)Nc2c(Cl)cccc2C(F)(F)F)nc2sc(C)c(C)c2c1=O. The van der Waals surface area contributed by atoms with Gasteiger partial charge in [-0.15, -0.1) is 11.3 Å². The highest BCUT2D eigenvalue weighted by molar-refractivity contribution is 7.99. The highest BCUT2D eigenvalue weighted by Crippen LogP contribution is 2.38. The molecule has 0 spiro atoms. The summed E-state index contributed by atoms with van der Waals surface area (Å²) in [4.78, 5) is 31.2. The first-order valence-electron chi connectivity index (χ1n) is 8.83. The molecule has 11 heteroatoms. The van der Waals surface area contributed by atoms with Crippen LogP contribution in [0.5, 0.6) is 0 Å². The number of halogens is 4. The van der Waals surface area contributed by atoms with Crippen LogP contribution < -0.4 is 10.9 Å². The van der Waals surface area contributed by atoms with Crippen LogP contribution in [0.1, 0.15) is 22.9 Å². The van der Waals surface area contributed by atoms with Crippen molar-refractivity contribution in [1.82, 2.24) is 9.55 Å². The number of rotatable bonds is 5. The van der Waals surface area contributed by atoms with Crippen LogP contribution in [0.2, 0.25) is 5.02 Å². The Labute approximate surface area is 183 Å². The number of fused-ring (bicyclic) bond motifs is 1. The smallest absolute Gasteiger partial charge is 0.324 e. The Morgan fingerprint density at radius 1 is 1.33 bits per heavy atom. The number of alkyl halides is 3. The second kappa shape index (κ2) is 8.60. The van der Waals surface area contributed by atoms with Gasteiger partial charge < -0.3 is 5.32 Å². The van der Waals surface area contributed by atoms with Crippen LogP contribution in [0.25, 0.3) is 10.2 Å². The van der Waals surface area contributed by atoms with Gasteiger partial charge in [0, 0.05) is 11.4 Å². The number of hydrogen-bond acceptors (Lipinski definition) is 5. The highest BCUT2D eigenvalue weighted by Gasteiger charge is 2.34. The van der Waals surface area contributed by atoms with Crippen molar-refractivity contribution in [3.8, 4) is 0 Å². The number of aromatic nitrogens is 2. The lowest BCUT2D eigenvalue weighted by Gasteiger charge is -2.15. The van der Waals surface area contributed by atoms with Crippen LogP contribution in [0, 0.1) is 13.8 Å². The zero-order valence-corrected chi connectivity index (χ0v) is 18.6. The molecule has 5 nitrogen and oxygen atoms in total. The van der Waals surface area contributed by atoms with Crippen molar-refractivity contribution in [1.29, 1.82) is 0 Å². The second-order valence-corrected chi connectivity index (χ2v) is 8.96. The van der Waals surface area contributed by atoms with Crippen LogP contribution in [0.4, 0.5) is 18.9 Å². The van der Waals surface area contributed by atoms with Gasteiger partial charge in [-0.3, -0.25) is 14.2 Å². The minimum atomic E-state index is -4.66. The van der Waals surface area contributed by atoms with E-state index in [-0.39, 0.29) is 16.3 Å². The summed E-state index contributed by atoms with van der Waals surface area (Å²) in [5, 5.41) is 2.91. The lowest BCUT2D eigenvalue weighted by Crippen LogP contribution is -2.23. The zero-order valence-electron chi connectivity index (χ0n) is 16.2. The fourth-order valence-corrected chi connectivity index (χ4v) is 5.05. The Morgan fingerprint density at radius 2 is 2.03 bits per heavy atom. The van der Waals surface area contributed by atoms with Gasteiger partial charge in [0.15, 0.2) is 5.16 Å². The molecule has 0 aliphatic carbocycles. The Kier molecular flexibility index (Phi) is 6.49. The molecule has 0 aliphatic heterocycles. The third-order valence-electron chi connectivity index (χ3n) is 4.49. The topological polar surface area (TPSA) is 64.0 Å². The molecule has 0 unspecified atom stereocenters. The predicted molar refractivity (Wildman–Crippen MR) is 115 cm³/mol. The van der Waals surface area contributed by atoms with Crippen molar-refractivity contribution >= 4 is 56.5 Å². The van der Waals surface area contributed by atoms with Crippen molar-refractivity contribution in [3.05, 3.63) is 49.6 Å². The molecule has 2 heterocycles. The van der Waals surface area contributed by atoms with E-state index >= 15 is 0 Å². The number of nitrogens with one attached hydrogen (secondary N) is 1. The lowest BCUT2D eigenvalue weighted by atomic mass is 10.1. The molecule has 1 N–H and O–H groups in total. The summed E-state index contributed by atoms with van der Waals surface area (Å²) in [5.41, 5.74) is -0.832. The van der Waals surface area contributed by atoms with E-state index in [4.69, 9.17) is 11.6 Å². The molecule has 1 amide bonds.